The number of hydrogen-bond acceptors (Lipinski definition) is 2. The van der Waals surface area contributed by atoms with Crippen LogP contribution in [-0.2, 0) is 6.54 Å². The molecule has 0 aromatic carbocycles. The van der Waals surface area contributed by atoms with Crippen molar-refractivity contribution in [2.45, 2.75) is 6.54 Å². The average Bonchev–Trinajstić information content (AvgIpc) is 2.85. The third kappa shape index (κ3) is 3.09. The molecule has 96 valence electrons. The lowest BCUT2D eigenvalue weighted by atomic mass is 10.3. The van der Waals surface area contributed by atoms with Crippen LogP contribution in [0.4, 0.5) is 0 Å². The molecule has 0 saturated carbocycles. The Morgan fingerprint density at radius 1 is 1.50 bits per heavy atom. The van der Waals surface area contributed by atoms with Gasteiger partial charge >= 0.3 is 0 Å². The standard InChI is InChI=1S/C11H9BrCl2N2OS/c1-16(4-7-2-6(12)5-18-7)11(17)9-3-8(13)10(14)15-9/h2-3,5,15H,4H2,1H3. The second-order valence-corrected chi connectivity index (χ2v) is 6.43. The number of thiophene rings is 1. The van der Waals surface area contributed by atoms with E-state index in [1.807, 2.05) is 11.4 Å². The van der Waals surface area contributed by atoms with Crippen LogP contribution in [0.25, 0.3) is 0 Å². The summed E-state index contributed by atoms with van der Waals surface area (Å²) in [5, 5.41) is 2.62. The monoisotopic (exact) mass is 366 g/mol. The maximum absolute atomic E-state index is 12.1. The molecule has 0 bridgehead atoms. The van der Waals surface area contributed by atoms with E-state index in [4.69, 9.17) is 23.2 Å². The average molecular weight is 368 g/mol. The van der Waals surface area contributed by atoms with Gasteiger partial charge in [-0.3, -0.25) is 4.79 Å². The molecular formula is C11H9BrCl2N2OS. The number of aromatic nitrogens is 1. The lowest BCUT2D eigenvalue weighted by molar-refractivity contribution is 0.0781. The fourth-order valence-corrected chi connectivity index (χ4v) is 3.28. The fourth-order valence-electron chi connectivity index (χ4n) is 1.47. The van der Waals surface area contributed by atoms with Crippen molar-refractivity contribution in [1.29, 1.82) is 0 Å². The summed E-state index contributed by atoms with van der Waals surface area (Å²) in [6, 6.07) is 3.52. The second-order valence-electron chi connectivity index (χ2n) is 3.74. The maximum atomic E-state index is 12.1. The number of carbonyl (C=O) groups excluding carboxylic acids is 1. The highest BCUT2D eigenvalue weighted by Crippen LogP contribution is 2.24. The van der Waals surface area contributed by atoms with E-state index in [0.717, 1.165) is 9.35 Å². The predicted molar refractivity (Wildman–Crippen MR) is 78.6 cm³/mol. The number of amides is 1. The molecular weight excluding hydrogens is 359 g/mol. The van der Waals surface area contributed by atoms with Gasteiger partial charge in [-0.05, 0) is 28.1 Å². The van der Waals surface area contributed by atoms with Gasteiger partial charge in [-0.1, -0.05) is 23.2 Å². The summed E-state index contributed by atoms with van der Waals surface area (Å²) in [4.78, 5) is 17.6. The zero-order chi connectivity index (χ0) is 13.3. The number of hydrogen-bond donors (Lipinski definition) is 1. The largest absolute Gasteiger partial charge is 0.340 e. The van der Waals surface area contributed by atoms with E-state index >= 15 is 0 Å². The molecule has 0 aliphatic heterocycles. The minimum Gasteiger partial charge on any atom is -0.340 e. The van der Waals surface area contributed by atoms with Gasteiger partial charge in [-0.15, -0.1) is 11.3 Å². The smallest absolute Gasteiger partial charge is 0.270 e. The van der Waals surface area contributed by atoms with Gasteiger partial charge in [-0.2, -0.15) is 0 Å². The van der Waals surface area contributed by atoms with Crippen LogP contribution in [0.5, 0.6) is 0 Å². The third-order valence-electron chi connectivity index (χ3n) is 2.32. The molecule has 0 fully saturated rings. The summed E-state index contributed by atoms with van der Waals surface area (Å²) in [6.45, 7) is 0.545. The first-order chi connectivity index (χ1) is 8.47. The number of H-pyrrole nitrogens is 1. The first kappa shape index (κ1) is 13.9. The molecule has 1 amide bonds. The van der Waals surface area contributed by atoms with Gasteiger partial charge in [0.2, 0.25) is 0 Å². The lowest BCUT2D eigenvalue weighted by Gasteiger charge is -2.14. The molecule has 0 spiro atoms. The molecule has 3 nitrogen and oxygen atoms in total. The van der Waals surface area contributed by atoms with Crippen molar-refractivity contribution < 1.29 is 4.79 Å². The highest BCUT2D eigenvalue weighted by molar-refractivity contribution is 9.10. The van der Waals surface area contributed by atoms with E-state index in [0.29, 0.717) is 17.3 Å². The summed E-state index contributed by atoms with van der Waals surface area (Å²) in [6.07, 6.45) is 0. The van der Waals surface area contributed by atoms with Gasteiger partial charge in [0.05, 0.1) is 11.6 Å². The van der Waals surface area contributed by atoms with Crippen LogP contribution < -0.4 is 0 Å². The number of nitrogens with zero attached hydrogens (tertiary/aromatic N) is 1. The van der Waals surface area contributed by atoms with Crippen molar-refractivity contribution >= 4 is 56.4 Å². The van der Waals surface area contributed by atoms with E-state index < -0.39 is 0 Å². The van der Waals surface area contributed by atoms with E-state index in [9.17, 15) is 4.79 Å². The molecule has 0 atom stereocenters. The highest BCUT2D eigenvalue weighted by atomic mass is 79.9. The third-order valence-corrected chi connectivity index (χ3v) is 4.69. The fraction of sp³-hybridized carbons (Fsp3) is 0.182. The van der Waals surface area contributed by atoms with E-state index in [2.05, 4.69) is 20.9 Å². The molecule has 7 heteroatoms. The predicted octanol–water partition coefficient (Wildman–Crippen LogP) is 4.42. The second kappa shape index (κ2) is 5.65. The zero-order valence-corrected chi connectivity index (χ0v) is 13.3. The Balaban J connectivity index is 2.09. The number of nitrogens with one attached hydrogen (secondary N) is 1. The number of aromatic amines is 1. The maximum Gasteiger partial charge on any atom is 0.270 e. The quantitative estimate of drug-likeness (QED) is 0.856. The summed E-state index contributed by atoms with van der Waals surface area (Å²) in [5.41, 5.74) is 0.392. The molecule has 0 radical (unpaired) electrons. The number of carbonyl (C=O) groups is 1. The van der Waals surface area contributed by atoms with E-state index in [-0.39, 0.29) is 11.1 Å². The highest BCUT2D eigenvalue weighted by Gasteiger charge is 2.16. The minimum absolute atomic E-state index is 0.145. The summed E-state index contributed by atoms with van der Waals surface area (Å²) >= 11 is 16.6. The molecule has 18 heavy (non-hydrogen) atoms. The Morgan fingerprint density at radius 2 is 2.22 bits per heavy atom. The van der Waals surface area contributed by atoms with Gasteiger partial charge in [0.1, 0.15) is 10.8 Å². The Hall–Kier alpha value is -0.490. The molecule has 0 unspecified atom stereocenters. The number of rotatable bonds is 3. The molecule has 1 N–H and O–H groups in total. The van der Waals surface area contributed by atoms with Crippen molar-refractivity contribution in [3.05, 3.63) is 42.7 Å². The molecule has 0 saturated heterocycles. The van der Waals surface area contributed by atoms with Gasteiger partial charge in [0.25, 0.3) is 5.91 Å². The Morgan fingerprint density at radius 3 is 2.72 bits per heavy atom. The Labute approximate surface area is 127 Å². The SMILES string of the molecule is CN(Cc1cc(Br)cs1)C(=O)c1cc(Cl)c(Cl)[nH]1. The van der Waals surface area contributed by atoms with Crippen LogP contribution in [0.1, 0.15) is 15.4 Å². The summed E-state index contributed by atoms with van der Waals surface area (Å²) in [7, 11) is 1.73. The zero-order valence-electron chi connectivity index (χ0n) is 9.34. The van der Waals surface area contributed by atoms with Crippen molar-refractivity contribution in [2.24, 2.45) is 0 Å². The molecule has 0 aliphatic carbocycles. The molecule has 2 heterocycles. The normalized spacial score (nSPS) is 10.7. The van der Waals surface area contributed by atoms with Crippen LogP contribution in [0.2, 0.25) is 10.2 Å². The summed E-state index contributed by atoms with van der Waals surface area (Å²) in [5.74, 6) is -0.145. The first-order valence-electron chi connectivity index (χ1n) is 4.99. The van der Waals surface area contributed by atoms with Gasteiger partial charge < -0.3 is 9.88 Å². The van der Waals surface area contributed by atoms with Crippen LogP contribution >= 0.6 is 50.5 Å². The Bertz CT molecular complexity index is 562. The van der Waals surface area contributed by atoms with Crippen molar-refractivity contribution in [1.82, 2.24) is 9.88 Å². The first-order valence-corrected chi connectivity index (χ1v) is 7.42. The molecule has 2 rings (SSSR count). The van der Waals surface area contributed by atoms with E-state index in [1.54, 1.807) is 23.3 Å². The van der Waals surface area contributed by atoms with Crippen LogP contribution in [0.3, 0.4) is 0 Å². The van der Waals surface area contributed by atoms with Gasteiger partial charge in [-0.25, -0.2) is 0 Å². The van der Waals surface area contributed by atoms with Crippen molar-refractivity contribution in [3.8, 4) is 0 Å². The molecule has 0 aliphatic rings. The van der Waals surface area contributed by atoms with Gasteiger partial charge in [0, 0.05) is 21.8 Å². The van der Waals surface area contributed by atoms with E-state index in [1.165, 1.54) is 6.07 Å². The summed E-state index contributed by atoms with van der Waals surface area (Å²) < 4.78 is 1.02. The van der Waals surface area contributed by atoms with Crippen LogP contribution in [0, 0.1) is 0 Å². The number of halogens is 3. The lowest BCUT2D eigenvalue weighted by Crippen LogP contribution is -2.26. The van der Waals surface area contributed by atoms with Crippen molar-refractivity contribution in [2.75, 3.05) is 7.05 Å². The minimum atomic E-state index is -0.145. The Kier molecular flexibility index (Phi) is 4.37. The van der Waals surface area contributed by atoms with Crippen LogP contribution in [-0.4, -0.2) is 22.8 Å². The molecule has 2 aromatic heterocycles. The topological polar surface area (TPSA) is 36.1 Å². The van der Waals surface area contributed by atoms with Crippen molar-refractivity contribution in [3.63, 3.8) is 0 Å². The molecule has 2 aromatic rings. The van der Waals surface area contributed by atoms with Crippen LogP contribution in [0.15, 0.2) is 22.0 Å². The van der Waals surface area contributed by atoms with Gasteiger partial charge in [0.15, 0.2) is 0 Å².